The van der Waals surface area contributed by atoms with E-state index < -0.39 is 20.8 Å². The van der Waals surface area contributed by atoms with Gasteiger partial charge in [0, 0.05) is 5.69 Å². The third-order valence-corrected chi connectivity index (χ3v) is 3.13. The van der Waals surface area contributed by atoms with Crippen LogP contribution in [-0.2, 0) is 10.0 Å². The first kappa shape index (κ1) is 12.7. The lowest BCUT2D eigenvalue weighted by Crippen LogP contribution is -2.21. The van der Waals surface area contributed by atoms with Gasteiger partial charge in [-0.25, -0.2) is 19.0 Å². The second kappa shape index (κ2) is 4.26. The van der Waals surface area contributed by atoms with Crippen LogP contribution in [0.25, 0.3) is 0 Å². The van der Waals surface area contributed by atoms with Gasteiger partial charge in [0.05, 0.1) is 10.6 Å². The predicted octanol–water partition coefficient (Wildman–Crippen LogP) is -0.311. The molecule has 1 aromatic rings. The van der Waals surface area contributed by atoms with Gasteiger partial charge in [-0.3, -0.25) is 10.0 Å². The maximum absolute atomic E-state index is 11.1. The van der Waals surface area contributed by atoms with Crippen molar-refractivity contribution < 1.29 is 18.4 Å². The van der Waals surface area contributed by atoms with Crippen LogP contribution < -0.4 is 16.4 Å². The van der Waals surface area contributed by atoms with Gasteiger partial charge in [-0.15, -0.1) is 0 Å². The van der Waals surface area contributed by atoms with Crippen molar-refractivity contribution in [1.82, 2.24) is 5.48 Å². The van der Waals surface area contributed by atoms with Crippen LogP contribution in [-0.4, -0.2) is 19.5 Å². The number of anilines is 1. The number of benzene rings is 1. The van der Waals surface area contributed by atoms with E-state index in [1.165, 1.54) is 5.48 Å². The maximum Gasteiger partial charge on any atom is 0.276 e. The first-order valence-corrected chi connectivity index (χ1v) is 5.76. The smallest absolute Gasteiger partial charge is 0.276 e. The van der Waals surface area contributed by atoms with Gasteiger partial charge in [0.15, 0.2) is 0 Å². The van der Waals surface area contributed by atoms with E-state index in [2.05, 4.69) is 0 Å². The highest BCUT2D eigenvalue weighted by Crippen LogP contribution is 2.26. The molecule has 0 fully saturated rings. The summed E-state index contributed by atoms with van der Waals surface area (Å²) in [5.41, 5.74) is 6.42. The molecule has 1 rings (SSSR count). The molecule has 7 nitrogen and oxygen atoms in total. The van der Waals surface area contributed by atoms with E-state index in [0.29, 0.717) is 0 Å². The van der Waals surface area contributed by atoms with Gasteiger partial charge in [0.1, 0.15) is 4.90 Å². The van der Waals surface area contributed by atoms with Gasteiger partial charge in [-0.05, 0) is 12.1 Å². The van der Waals surface area contributed by atoms with Crippen molar-refractivity contribution in [3.8, 4) is 0 Å². The Kier molecular flexibility index (Phi) is 3.38. The number of nitrogens with two attached hydrogens (primary N) is 2. The summed E-state index contributed by atoms with van der Waals surface area (Å²) in [5, 5.41) is 13.1. The zero-order chi connectivity index (χ0) is 12.5. The van der Waals surface area contributed by atoms with Gasteiger partial charge in [0.2, 0.25) is 10.0 Å². The number of nitrogen functional groups attached to an aromatic ring is 1. The van der Waals surface area contributed by atoms with Gasteiger partial charge in [-0.2, -0.15) is 0 Å². The fourth-order valence-electron chi connectivity index (χ4n) is 1.04. The molecule has 9 heteroatoms. The number of hydroxylamine groups is 1. The van der Waals surface area contributed by atoms with E-state index in [1.807, 2.05) is 0 Å². The molecule has 0 heterocycles. The van der Waals surface area contributed by atoms with Crippen LogP contribution in [0.5, 0.6) is 0 Å². The van der Waals surface area contributed by atoms with Crippen molar-refractivity contribution in [1.29, 1.82) is 0 Å². The highest BCUT2D eigenvalue weighted by atomic mass is 35.5. The molecule has 0 spiro atoms. The number of carbonyl (C=O) groups is 1. The highest BCUT2D eigenvalue weighted by Gasteiger charge is 2.18. The Hall–Kier alpha value is -1.35. The van der Waals surface area contributed by atoms with E-state index in [9.17, 15) is 13.2 Å². The van der Waals surface area contributed by atoms with Crippen molar-refractivity contribution in [3.63, 3.8) is 0 Å². The fourth-order valence-corrected chi connectivity index (χ4v) is 2.15. The van der Waals surface area contributed by atoms with Crippen molar-refractivity contribution >= 4 is 33.2 Å². The minimum absolute atomic E-state index is 0.0797. The number of primary sulfonamides is 1. The Morgan fingerprint density at radius 3 is 2.44 bits per heavy atom. The maximum atomic E-state index is 11.1. The quantitative estimate of drug-likeness (QED) is 0.330. The molecule has 0 saturated heterocycles. The molecule has 0 aliphatic rings. The summed E-state index contributed by atoms with van der Waals surface area (Å²) in [7, 11) is -4.06. The number of rotatable bonds is 2. The second-order valence-corrected chi connectivity index (χ2v) is 4.79. The van der Waals surface area contributed by atoms with Crippen LogP contribution >= 0.6 is 11.6 Å². The average molecular weight is 266 g/mol. The Labute approximate surface area is 96.0 Å². The molecule has 1 aromatic carbocycles. The molecular weight excluding hydrogens is 258 g/mol. The lowest BCUT2D eigenvalue weighted by atomic mass is 10.2. The second-order valence-electron chi connectivity index (χ2n) is 2.86. The molecule has 0 bridgehead atoms. The van der Waals surface area contributed by atoms with Gasteiger partial charge < -0.3 is 5.73 Å². The van der Waals surface area contributed by atoms with Crippen molar-refractivity contribution in [2.75, 3.05) is 5.73 Å². The lowest BCUT2D eigenvalue weighted by Gasteiger charge is -2.07. The van der Waals surface area contributed by atoms with E-state index >= 15 is 0 Å². The lowest BCUT2D eigenvalue weighted by molar-refractivity contribution is 0.0707. The molecule has 1 amide bonds. The molecule has 6 N–H and O–H groups in total. The molecule has 0 radical (unpaired) electrons. The number of amides is 1. The van der Waals surface area contributed by atoms with Crippen LogP contribution in [0.3, 0.4) is 0 Å². The Morgan fingerprint density at radius 2 is 2.00 bits per heavy atom. The first-order valence-electron chi connectivity index (χ1n) is 3.83. The molecule has 0 aliphatic carbocycles. The first-order chi connectivity index (χ1) is 7.27. The number of sulfonamides is 1. The van der Waals surface area contributed by atoms with Crippen LogP contribution in [0.15, 0.2) is 17.0 Å². The molecule has 0 aromatic heterocycles. The van der Waals surface area contributed by atoms with Crippen LogP contribution in [0.4, 0.5) is 5.69 Å². The third kappa shape index (κ3) is 2.42. The zero-order valence-electron chi connectivity index (χ0n) is 7.77. The topological polar surface area (TPSA) is 136 Å². The van der Waals surface area contributed by atoms with Crippen molar-refractivity contribution in [2.24, 2.45) is 5.14 Å². The van der Waals surface area contributed by atoms with Crippen molar-refractivity contribution in [3.05, 3.63) is 22.7 Å². The summed E-state index contributed by atoms with van der Waals surface area (Å²) in [6.45, 7) is 0. The summed E-state index contributed by atoms with van der Waals surface area (Å²) < 4.78 is 22.2. The number of halogens is 1. The molecule has 0 aliphatic heterocycles. The van der Waals surface area contributed by atoms with Crippen molar-refractivity contribution in [2.45, 2.75) is 4.90 Å². The van der Waals surface area contributed by atoms with Crippen LogP contribution in [0.1, 0.15) is 10.4 Å². The summed E-state index contributed by atoms with van der Waals surface area (Å²) in [6, 6.07) is 1.95. The molecule has 0 saturated carbocycles. The van der Waals surface area contributed by atoms with Gasteiger partial charge >= 0.3 is 0 Å². The minimum atomic E-state index is -4.06. The van der Waals surface area contributed by atoms with Crippen LogP contribution in [0.2, 0.25) is 5.02 Å². The molecule has 0 atom stereocenters. The largest absolute Gasteiger partial charge is 0.398 e. The SMILES string of the molecule is Nc1cc(Cl)c(S(N)(=O)=O)cc1C(=O)NO. The Morgan fingerprint density at radius 1 is 1.44 bits per heavy atom. The monoisotopic (exact) mass is 265 g/mol. The van der Waals surface area contributed by atoms with Crippen LogP contribution in [0, 0.1) is 0 Å². The highest BCUT2D eigenvalue weighted by molar-refractivity contribution is 7.89. The number of hydrogen-bond donors (Lipinski definition) is 4. The molecule has 16 heavy (non-hydrogen) atoms. The minimum Gasteiger partial charge on any atom is -0.398 e. The summed E-state index contributed by atoms with van der Waals surface area (Å²) in [6.07, 6.45) is 0. The Bertz CT molecular complexity index is 543. The number of carbonyl (C=O) groups excluding carboxylic acids is 1. The van der Waals surface area contributed by atoms with Gasteiger partial charge in [-0.1, -0.05) is 11.6 Å². The Balaban J connectivity index is 3.51. The average Bonchev–Trinajstić information content (AvgIpc) is 2.14. The van der Waals surface area contributed by atoms with E-state index in [1.54, 1.807) is 0 Å². The summed E-state index contributed by atoms with van der Waals surface area (Å²) >= 11 is 5.60. The summed E-state index contributed by atoms with van der Waals surface area (Å²) in [5.74, 6) is -0.959. The van der Waals surface area contributed by atoms with E-state index in [0.717, 1.165) is 12.1 Å². The van der Waals surface area contributed by atoms with E-state index in [-0.39, 0.29) is 16.3 Å². The zero-order valence-corrected chi connectivity index (χ0v) is 9.34. The van der Waals surface area contributed by atoms with Gasteiger partial charge in [0.25, 0.3) is 5.91 Å². The molecular formula is C7H8ClN3O4S. The number of hydrogen-bond acceptors (Lipinski definition) is 5. The molecule has 0 unspecified atom stereocenters. The normalized spacial score (nSPS) is 11.2. The molecule has 88 valence electrons. The predicted molar refractivity (Wildman–Crippen MR) is 56.5 cm³/mol. The number of nitrogens with one attached hydrogen (secondary N) is 1. The third-order valence-electron chi connectivity index (χ3n) is 1.76. The standard InChI is InChI=1S/C7H8ClN3O4S/c8-4-2-5(9)3(7(12)11-13)1-6(4)16(10,14)15/h1-2,13H,9H2,(H,11,12)(H2,10,14,15). The summed E-state index contributed by atoms with van der Waals surface area (Å²) in [4.78, 5) is 10.7. The van der Waals surface area contributed by atoms with E-state index in [4.69, 9.17) is 27.7 Å². The fraction of sp³-hybridized carbons (Fsp3) is 0.